The molecule has 0 radical (unpaired) electrons. The van der Waals surface area contributed by atoms with Crippen molar-refractivity contribution in [3.63, 3.8) is 0 Å². The zero-order valence-electron chi connectivity index (χ0n) is 14.8. The topological polar surface area (TPSA) is 45.5 Å². The first-order chi connectivity index (χ1) is 10.2. The third kappa shape index (κ3) is 5.23. The predicted octanol–water partition coefficient (Wildman–Crippen LogP) is 2.49. The molecular weight excluding hydrogens is 295 g/mol. The SMILES string of the molecule is CC1CC(C)(C)OB(c2ccnn2COCC[Si](C)(C)C)O1. The summed E-state index contributed by atoms with van der Waals surface area (Å²) < 4.78 is 19.6. The Morgan fingerprint density at radius 3 is 2.82 bits per heavy atom. The van der Waals surface area contributed by atoms with Crippen LogP contribution in [0.5, 0.6) is 0 Å². The van der Waals surface area contributed by atoms with Gasteiger partial charge in [0.25, 0.3) is 0 Å². The van der Waals surface area contributed by atoms with Crippen LogP contribution in [0.4, 0.5) is 0 Å². The number of hydrogen-bond donors (Lipinski definition) is 0. The van der Waals surface area contributed by atoms with Gasteiger partial charge in [0, 0.05) is 27.0 Å². The van der Waals surface area contributed by atoms with Crippen LogP contribution in [0.25, 0.3) is 0 Å². The average molecular weight is 324 g/mol. The monoisotopic (exact) mass is 324 g/mol. The fourth-order valence-corrected chi connectivity index (χ4v) is 3.38. The molecule has 0 saturated carbocycles. The highest BCUT2D eigenvalue weighted by atomic mass is 28.3. The number of aromatic nitrogens is 2. The van der Waals surface area contributed by atoms with Gasteiger partial charge in [-0.15, -0.1) is 0 Å². The summed E-state index contributed by atoms with van der Waals surface area (Å²) in [6.07, 6.45) is 2.84. The number of rotatable bonds is 6. The van der Waals surface area contributed by atoms with E-state index in [0.717, 1.165) is 24.7 Å². The van der Waals surface area contributed by atoms with Crippen LogP contribution in [-0.2, 0) is 20.8 Å². The Morgan fingerprint density at radius 2 is 2.18 bits per heavy atom. The van der Waals surface area contributed by atoms with Gasteiger partial charge in [0.1, 0.15) is 6.73 Å². The van der Waals surface area contributed by atoms with Crippen molar-refractivity contribution in [1.29, 1.82) is 0 Å². The minimum Gasteiger partial charge on any atom is -0.404 e. The van der Waals surface area contributed by atoms with Crippen LogP contribution < -0.4 is 5.59 Å². The van der Waals surface area contributed by atoms with Crippen molar-refractivity contribution in [2.75, 3.05) is 6.61 Å². The molecule has 0 amide bonds. The van der Waals surface area contributed by atoms with Crippen molar-refractivity contribution in [2.45, 2.75) is 71.3 Å². The molecule has 7 heteroatoms. The Kier molecular flexibility index (Phi) is 5.53. The van der Waals surface area contributed by atoms with Crippen molar-refractivity contribution < 1.29 is 14.0 Å². The van der Waals surface area contributed by atoms with Crippen LogP contribution in [0.15, 0.2) is 12.3 Å². The van der Waals surface area contributed by atoms with Crippen LogP contribution in [-0.4, -0.2) is 43.3 Å². The van der Waals surface area contributed by atoms with Crippen molar-refractivity contribution in [1.82, 2.24) is 9.78 Å². The van der Waals surface area contributed by atoms with Gasteiger partial charge in [-0.2, -0.15) is 5.10 Å². The molecule has 1 atom stereocenters. The Bertz CT molecular complexity index is 487. The van der Waals surface area contributed by atoms with Crippen molar-refractivity contribution >= 4 is 20.8 Å². The van der Waals surface area contributed by atoms with Gasteiger partial charge in [-0.1, -0.05) is 19.6 Å². The molecule has 124 valence electrons. The van der Waals surface area contributed by atoms with Crippen LogP contribution in [0, 0.1) is 0 Å². The first-order valence-corrected chi connectivity index (χ1v) is 11.8. The maximum atomic E-state index is 6.06. The molecule has 2 rings (SSSR count). The van der Waals surface area contributed by atoms with Crippen molar-refractivity contribution in [3.8, 4) is 0 Å². The van der Waals surface area contributed by atoms with Crippen molar-refractivity contribution in [3.05, 3.63) is 12.3 Å². The van der Waals surface area contributed by atoms with E-state index in [2.05, 4.69) is 45.5 Å². The molecule has 1 aliphatic heterocycles. The minimum atomic E-state index is -1.06. The molecule has 0 spiro atoms. The quantitative estimate of drug-likeness (QED) is 0.596. The second-order valence-corrected chi connectivity index (χ2v) is 13.6. The van der Waals surface area contributed by atoms with Gasteiger partial charge in [-0.25, -0.2) is 4.68 Å². The van der Waals surface area contributed by atoms with E-state index in [1.54, 1.807) is 6.20 Å². The second kappa shape index (κ2) is 6.86. The van der Waals surface area contributed by atoms with Gasteiger partial charge in [0.05, 0.1) is 11.2 Å². The highest BCUT2D eigenvalue weighted by molar-refractivity contribution is 6.76. The molecule has 0 bridgehead atoms. The number of nitrogens with zero attached hydrogens (tertiary/aromatic N) is 2. The largest absolute Gasteiger partial charge is 0.513 e. The summed E-state index contributed by atoms with van der Waals surface area (Å²) in [4.78, 5) is 0. The summed E-state index contributed by atoms with van der Waals surface area (Å²) in [6, 6.07) is 3.10. The summed E-state index contributed by atoms with van der Waals surface area (Å²) in [5.74, 6) is 0. The molecule has 1 aromatic rings. The Balaban J connectivity index is 1.94. The molecule has 2 heterocycles. The lowest BCUT2D eigenvalue weighted by Crippen LogP contribution is -2.53. The van der Waals surface area contributed by atoms with E-state index < -0.39 is 8.07 Å². The summed E-state index contributed by atoms with van der Waals surface area (Å²) in [7, 11) is -1.43. The van der Waals surface area contributed by atoms with Crippen LogP contribution in [0.2, 0.25) is 25.7 Å². The minimum absolute atomic E-state index is 0.171. The number of ether oxygens (including phenoxy) is 1. The third-order valence-electron chi connectivity index (χ3n) is 3.76. The average Bonchev–Trinajstić information content (AvgIpc) is 2.79. The van der Waals surface area contributed by atoms with Crippen molar-refractivity contribution in [2.24, 2.45) is 0 Å². The van der Waals surface area contributed by atoms with Gasteiger partial charge < -0.3 is 14.0 Å². The lowest BCUT2D eigenvalue weighted by atomic mass is 9.79. The summed E-state index contributed by atoms with van der Waals surface area (Å²) >= 11 is 0. The van der Waals surface area contributed by atoms with Gasteiger partial charge >= 0.3 is 7.12 Å². The third-order valence-corrected chi connectivity index (χ3v) is 5.47. The van der Waals surface area contributed by atoms with E-state index in [4.69, 9.17) is 14.0 Å². The van der Waals surface area contributed by atoms with E-state index >= 15 is 0 Å². The van der Waals surface area contributed by atoms with Gasteiger partial charge in [0.15, 0.2) is 0 Å². The molecule has 22 heavy (non-hydrogen) atoms. The Morgan fingerprint density at radius 1 is 1.45 bits per heavy atom. The smallest absolute Gasteiger partial charge is 0.404 e. The van der Waals surface area contributed by atoms with Crippen LogP contribution >= 0.6 is 0 Å². The standard InChI is InChI=1S/C15H29BN2O3Si/c1-13-11-15(2,3)21-16(20-13)14-7-8-17-18(14)12-19-9-10-22(4,5)6/h7-8,13H,9-12H2,1-6H3. The predicted molar refractivity (Wildman–Crippen MR) is 92.0 cm³/mol. The zero-order valence-corrected chi connectivity index (χ0v) is 15.8. The second-order valence-electron chi connectivity index (χ2n) is 7.96. The molecule has 1 aliphatic rings. The molecule has 1 unspecified atom stereocenters. The first kappa shape index (κ1) is 17.7. The summed E-state index contributed by atoms with van der Waals surface area (Å²) in [5.41, 5.74) is 0.739. The van der Waals surface area contributed by atoms with Crippen LogP contribution in [0.1, 0.15) is 27.2 Å². The van der Waals surface area contributed by atoms with E-state index in [0.29, 0.717) is 6.73 Å². The van der Waals surface area contributed by atoms with Gasteiger partial charge in [-0.3, -0.25) is 0 Å². The molecule has 0 N–H and O–H groups in total. The molecule has 0 aromatic carbocycles. The highest BCUT2D eigenvalue weighted by Crippen LogP contribution is 2.25. The maximum absolute atomic E-state index is 6.06. The highest BCUT2D eigenvalue weighted by Gasteiger charge is 2.40. The van der Waals surface area contributed by atoms with E-state index in [-0.39, 0.29) is 18.8 Å². The van der Waals surface area contributed by atoms with Crippen LogP contribution in [0.3, 0.4) is 0 Å². The lowest BCUT2D eigenvalue weighted by molar-refractivity contribution is -0.0243. The Hall–Kier alpha value is -0.628. The van der Waals surface area contributed by atoms with E-state index in [1.165, 1.54) is 0 Å². The zero-order chi connectivity index (χ0) is 16.4. The Labute approximate surface area is 135 Å². The van der Waals surface area contributed by atoms with Gasteiger partial charge in [-0.05, 0) is 39.3 Å². The molecule has 1 fully saturated rings. The normalized spacial score (nSPS) is 22.1. The molecule has 0 aliphatic carbocycles. The maximum Gasteiger partial charge on any atom is 0.513 e. The van der Waals surface area contributed by atoms with E-state index in [9.17, 15) is 0 Å². The van der Waals surface area contributed by atoms with E-state index in [1.807, 2.05) is 10.7 Å². The molecule has 1 saturated heterocycles. The lowest BCUT2D eigenvalue weighted by Gasteiger charge is -2.38. The summed E-state index contributed by atoms with van der Waals surface area (Å²) in [5, 5.41) is 4.34. The first-order valence-electron chi connectivity index (χ1n) is 8.09. The molecule has 5 nitrogen and oxygen atoms in total. The molecular formula is C15H29BN2O3Si. The fourth-order valence-electron chi connectivity index (χ4n) is 2.63. The summed E-state index contributed by atoms with van der Waals surface area (Å²) in [6.45, 7) is 14.6. The number of hydrogen-bond acceptors (Lipinski definition) is 4. The fraction of sp³-hybridized carbons (Fsp3) is 0.800. The van der Waals surface area contributed by atoms with Gasteiger partial charge in [0.2, 0.25) is 0 Å². The molecule has 1 aromatic heterocycles.